The van der Waals surface area contributed by atoms with Crippen LogP contribution < -0.4 is 10.4 Å². The fourth-order valence-corrected chi connectivity index (χ4v) is 4.23. The van der Waals surface area contributed by atoms with Crippen molar-refractivity contribution in [1.29, 1.82) is 0 Å². The van der Waals surface area contributed by atoms with Crippen LogP contribution in [0.2, 0.25) is 10.0 Å². The van der Waals surface area contributed by atoms with Gasteiger partial charge in [0.05, 0.1) is 11.6 Å². The first-order valence-electron chi connectivity index (χ1n) is 10.1. The van der Waals surface area contributed by atoms with Gasteiger partial charge in [0.25, 0.3) is 0 Å². The van der Waals surface area contributed by atoms with Crippen LogP contribution in [0.15, 0.2) is 53.5 Å². The molecule has 1 N–H and O–H groups in total. The second-order valence-corrected chi connectivity index (χ2v) is 8.69. The van der Waals surface area contributed by atoms with Gasteiger partial charge in [-0.2, -0.15) is 13.2 Å². The number of alkyl halides is 3. The molecule has 4 rings (SSSR count). The van der Waals surface area contributed by atoms with Crippen molar-refractivity contribution in [1.82, 2.24) is 4.98 Å². The first-order valence-corrected chi connectivity index (χ1v) is 10.9. The lowest BCUT2D eigenvalue weighted by molar-refractivity contribution is -0.213. The third kappa shape index (κ3) is 5.27. The highest BCUT2D eigenvalue weighted by molar-refractivity contribution is 6.31. The summed E-state index contributed by atoms with van der Waals surface area (Å²) in [6.07, 6.45) is -1.73. The molecule has 0 radical (unpaired) electrons. The Morgan fingerprint density at radius 2 is 1.75 bits per heavy atom. The number of nitrogens with one attached hydrogen (secondary N) is 1. The van der Waals surface area contributed by atoms with Crippen molar-refractivity contribution in [3.05, 3.63) is 69.8 Å². The Morgan fingerprint density at radius 1 is 1.03 bits per heavy atom. The Kier molecular flexibility index (Phi) is 6.49. The molecule has 1 saturated carbocycles. The number of rotatable bonds is 4. The van der Waals surface area contributed by atoms with Crippen molar-refractivity contribution in [2.75, 3.05) is 5.32 Å². The van der Waals surface area contributed by atoms with Gasteiger partial charge in [0, 0.05) is 27.2 Å². The molecule has 1 heterocycles. The SMILES string of the molecule is [O-]C(=NC1CCC[C@H](Nc2cc(C(F)(F)F)nc3ccc(Cl)cc23)C1)c1ccc(Cl)cc1. The number of hydrogen-bond acceptors (Lipinski definition) is 4. The first kappa shape index (κ1) is 22.7. The zero-order valence-corrected chi connectivity index (χ0v) is 18.3. The minimum atomic E-state index is -4.57. The smallest absolute Gasteiger partial charge is 0.433 e. The highest BCUT2D eigenvalue weighted by Crippen LogP contribution is 2.35. The van der Waals surface area contributed by atoms with E-state index in [1.54, 1.807) is 30.3 Å². The van der Waals surface area contributed by atoms with E-state index in [1.165, 1.54) is 12.1 Å². The highest BCUT2D eigenvalue weighted by Gasteiger charge is 2.34. The number of anilines is 1. The second-order valence-electron chi connectivity index (χ2n) is 7.82. The third-order valence-electron chi connectivity index (χ3n) is 5.46. The molecule has 0 saturated heterocycles. The Balaban J connectivity index is 1.58. The van der Waals surface area contributed by atoms with Crippen molar-refractivity contribution in [3.8, 4) is 0 Å². The van der Waals surface area contributed by atoms with E-state index in [1.807, 2.05) is 0 Å². The van der Waals surface area contributed by atoms with Crippen LogP contribution in [0.1, 0.15) is 36.9 Å². The fourth-order valence-electron chi connectivity index (χ4n) is 3.93. The lowest BCUT2D eigenvalue weighted by atomic mass is 9.91. The fraction of sp³-hybridized carbons (Fsp3) is 0.304. The van der Waals surface area contributed by atoms with Crippen LogP contribution in [-0.4, -0.2) is 23.0 Å². The molecule has 0 amide bonds. The molecular weight excluding hydrogens is 462 g/mol. The van der Waals surface area contributed by atoms with Crippen molar-refractivity contribution < 1.29 is 18.3 Å². The maximum atomic E-state index is 13.4. The average Bonchev–Trinajstić information content (AvgIpc) is 2.74. The molecule has 32 heavy (non-hydrogen) atoms. The van der Waals surface area contributed by atoms with Gasteiger partial charge in [0.2, 0.25) is 0 Å². The van der Waals surface area contributed by atoms with Crippen LogP contribution in [0.3, 0.4) is 0 Å². The molecule has 0 bridgehead atoms. The number of aliphatic imine (C=N–C) groups is 1. The summed E-state index contributed by atoms with van der Waals surface area (Å²) in [4.78, 5) is 8.06. The van der Waals surface area contributed by atoms with Crippen molar-refractivity contribution in [2.24, 2.45) is 4.99 Å². The molecule has 9 heteroatoms. The molecule has 1 aromatic heterocycles. The number of halogens is 5. The number of hydrogen-bond donors (Lipinski definition) is 1. The maximum absolute atomic E-state index is 13.4. The molecule has 1 aliphatic carbocycles. The minimum Gasteiger partial charge on any atom is -0.858 e. The van der Waals surface area contributed by atoms with E-state index >= 15 is 0 Å². The highest BCUT2D eigenvalue weighted by atomic mass is 35.5. The lowest BCUT2D eigenvalue weighted by Crippen LogP contribution is -2.31. The Morgan fingerprint density at radius 3 is 2.47 bits per heavy atom. The number of nitrogens with zero attached hydrogens (tertiary/aromatic N) is 2. The largest absolute Gasteiger partial charge is 0.858 e. The van der Waals surface area contributed by atoms with Gasteiger partial charge in [-0.25, -0.2) is 4.98 Å². The van der Waals surface area contributed by atoms with Gasteiger partial charge in [-0.15, -0.1) is 0 Å². The number of pyridine rings is 1. The summed E-state index contributed by atoms with van der Waals surface area (Å²) in [6, 6.07) is 11.8. The normalized spacial score (nSPS) is 19.8. The predicted octanol–water partition coefficient (Wildman–Crippen LogP) is 6.09. The predicted molar refractivity (Wildman–Crippen MR) is 119 cm³/mol. The molecule has 2 aromatic carbocycles. The number of benzene rings is 2. The molecule has 0 spiro atoms. The van der Waals surface area contributed by atoms with Crippen LogP contribution in [-0.2, 0) is 6.18 Å². The van der Waals surface area contributed by atoms with Gasteiger partial charge in [0.15, 0.2) is 0 Å². The molecule has 4 nitrogen and oxygen atoms in total. The van der Waals surface area contributed by atoms with E-state index in [9.17, 15) is 18.3 Å². The van der Waals surface area contributed by atoms with Crippen LogP contribution in [0.4, 0.5) is 18.9 Å². The minimum absolute atomic E-state index is 0.138. The molecule has 1 aliphatic rings. The van der Waals surface area contributed by atoms with Crippen molar-refractivity contribution in [3.63, 3.8) is 0 Å². The van der Waals surface area contributed by atoms with Crippen molar-refractivity contribution >= 4 is 45.7 Å². The average molecular weight is 481 g/mol. The lowest BCUT2D eigenvalue weighted by Gasteiger charge is -2.30. The van der Waals surface area contributed by atoms with E-state index in [0.29, 0.717) is 33.1 Å². The van der Waals surface area contributed by atoms with E-state index < -0.39 is 11.9 Å². The summed E-state index contributed by atoms with van der Waals surface area (Å²) < 4.78 is 40.1. The van der Waals surface area contributed by atoms with Gasteiger partial charge in [-0.05, 0) is 73.5 Å². The Hall–Kier alpha value is -2.51. The number of aromatic nitrogens is 1. The van der Waals surface area contributed by atoms with Crippen LogP contribution in [0, 0.1) is 0 Å². The topological polar surface area (TPSA) is 60.3 Å². The first-order chi connectivity index (χ1) is 15.2. The van der Waals surface area contributed by atoms with Crippen LogP contribution >= 0.6 is 23.2 Å². The van der Waals surface area contributed by atoms with Gasteiger partial charge in [0.1, 0.15) is 5.69 Å². The van der Waals surface area contributed by atoms with E-state index in [0.717, 1.165) is 25.3 Å². The molecule has 0 aliphatic heterocycles. The summed E-state index contributed by atoms with van der Waals surface area (Å²) >= 11 is 11.9. The number of fused-ring (bicyclic) bond motifs is 1. The van der Waals surface area contributed by atoms with E-state index in [-0.39, 0.29) is 23.5 Å². The van der Waals surface area contributed by atoms with Crippen LogP contribution in [0.5, 0.6) is 0 Å². The van der Waals surface area contributed by atoms with Crippen LogP contribution in [0.25, 0.3) is 10.9 Å². The standard InChI is InChI=1S/C23H20Cl2F3N3O/c24-14-6-4-13(5-7-14)22(32)30-17-3-1-2-16(11-17)29-20-12-21(23(26,27)28)31-19-9-8-15(25)10-18(19)20/h4-10,12,16-17H,1-3,11H2,(H,29,31)(H,30,32)/p-1/t16-,17?/m0/s1. The maximum Gasteiger partial charge on any atom is 0.433 e. The quantitative estimate of drug-likeness (QED) is 0.363. The summed E-state index contributed by atoms with van der Waals surface area (Å²) in [5.74, 6) is -0.326. The third-order valence-corrected chi connectivity index (χ3v) is 5.95. The zero-order chi connectivity index (χ0) is 22.9. The Bertz CT molecular complexity index is 1150. The van der Waals surface area contributed by atoms with Crippen molar-refractivity contribution in [2.45, 2.75) is 43.9 Å². The van der Waals surface area contributed by atoms with Gasteiger partial charge >= 0.3 is 6.18 Å². The zero-order valence-electron chi connectivity index (χ0n) is 16.8. The molecule has 1 unspecified atom stereocenters. The summed E-state index contributed by atoms with van der Waals surface area (Å²) in [5.41, 5.74) is 0.0139. The summed E-state index contributed by atoms with van der Waals surface area (Å²) in [6.45, 7) is 0. The van der Waals surface area contributed by atoms with Gasteiger partial charge in [-0.1, -0.05) is 35.3 Å². The second kappa shape index (κ2) is 9.16. The van der Waals surface area contributed by atoms with E-state index in [4.69, 9.17) is 23.2 Å². The molecule has 1 fully saturated rings. The van der Waals surface area contributed by atoms with Gasteiger partial charge < -0.3 is 10.4 Å². The summed E-state index contributed by atoms with van der Waals surface area (Å²) in [7, 11) is 0. The molecular formula is C23H19Cl2F3N3O-. The monoisotopic (exact) mass is 480 g/mol. The molecule has 2 atom stereocenters. The van der Waals surface area contributed by atoms with Gasteiger partial charge in [-0.3, -0.25) is 4.99 Å². The van der Waals surface area contributed by atoms with E-state index in [2.05, 4.69) is 15.3 Å². The molecule has 3 aromatic rings. The molecule has 168 valence electrons. The Labute approximate surface area is 193 Å². The summed E-state index contributed by atoms with van der Waals surface area (Å²) in [5, 5.41) is 17.2.